The molecule has 0 unspecified atom stereocenters. The van der Waals surface area contributed by atoms with Crippen LogP contribution in [0.25, 0.3) is 77.2 Å². The van der Waals surface area contributed by atoms with E-state index >= 15 is 0 Å². The predicted molar refractivity (Wildman–Crippen MR) is 243 cm³/mol. The van der Waals surface area contributed by atoms with Crippen LogP contribution in [-0.4, -0.2) is 0 Å². The first-order valence-corrected chi connectivity index (χ1v) is 19.6. The summed E-state index contributed by atoms with van der Waals surface area (Å²) in [4.78, 5) is 2.37. The van der Waals surface area contributed by atoms with E-state index in [0.29, 0.717) is 0 Å². The van der Waals surface area contributed by atoms with Crippen LogP contribution in [-0.2, 0) is 0 Å². The highest BCUT2D eigenvalue weighted by molar-refractivity contribution is 6.22. The van der Waals surface area contributed by atoms with Gasteiger partial charge in [0.15, 0.2) is 0 Å². The number of benzene rings is 10. The average Bonchev–Trinajstić information content (AvgIpc) is 3.30. The lowest BCUT2D eigenvalue weighted by atomic mass is 9.84. The van der Waals surface area contributed by atoms with Gasteiger partial charge in [-0.05, 0) is 120 Å². The fourth-order valence-corrected chi connectivity index (χ4v) is 8.34. The average molecular weight is 726 g/mol. The van der Waals surface area contributed by atoms with E-state index in [1.54, 1.807) is 0 Å². The van der Waals surface area contributed by atoms with E-state index in [9.17, 15) is 0 Å². The Morgan fingerprint density at radius 1 is 0.193 bits per heavy atom. The zero-order valence-corrected chi connectivity index (χ0v) is 31.5. The van der Waals surface area contributed by atoms with Gasteiger partial charge in [-0.1, -0.05) is 194 Å². The second-order valence-electron chi connectivity index (χ2n) is 14.5. The van der Waals surface area contributed by atoms with Gasteiger partial charge in [0.05, 0.1) is 0 Å². The summed E-state index contributed by atoms with van der Waals surface area (Å²) < 4.78 is 0. The van der Waals surface area contributed by atoms with Crippen LogP contribution in [0.5, 0.6) is 0 Å². The molecule has 0 saturated carbocycles. The number of hydrogen-bond donors (Lipinski definition) is 0. The number of anilines is 3. The van der Waals surface area contributed by atoms with E-state index in [4.69, 9.17) is 0 Å². The molecule has 268 valence electrons. The van der Waals surface area contributed by atoms with Crippen molar-refractivity contribution in [3.05, 3.63) is 237 Å². The molecule has 0 spiro atoms. The van der Waals surface area contributed by atoms with Gasteiger partial charge < -0.3 is 4.90 Å². The van der Waals surface area contributed by atoms with E-state index in [2.05, 4.69) is 241 Å². The van der Waals surface area contributed by atoms with E-state index in [1.165, 1.54) is 77.2 Å². The highest BCUT2D eigenvalue weighted by atomic mass is 15.1. The van der Waals surface area contributed by atoms with Crippen molar-refractivity contribution in [3.8, 4) is 55.6 Å². The van der Waals surface area contributed by atoms with Crippen LogP contribution in [0.3, 0.4) is 0 Å². The molecule has 0 N–H and O–H groups in total. The van der Waals surface area contributed by atoms with Crippen molar-refractivity contribution in [2.75, 3.05) is 4.90 Å². The number of nitrogens with zero attached hydrogens (tertiary/aromatic N) is 1. The maximum Gasteiger partial charge on any atom is 0.0467 e. The lowest BCUT2D eigenvalue weighted by molar-refractivity contribution is 1.28. The number of hydrogen-bond acceptors (Lipinski definition) is 1. The van der Waals surface area contributed by atoms with Crippen molar-refractivity contribution < 1.29 is 0 Å². The maximum absolute atomic E-state index is 2.40. The van der Waals surface area contributed by atoms with Crippen LogP contribution in [0.2, 0.25) is 0 Å². The Hall–Kier alpha value is -7.48. The van der Waals surface area contributed by atoms with Crippen molar-refractivity contribution in [2.45, 2.75) is 0 Å². The molecule has 0 aliphatic heterocycles. The molecule has 0 amide bonds. The van der Waals surface area contributed by atoms with Gasteiger partial charge in [0.2, 0.25) is 0 Å². The fourth-order valence-electron chi connectivity index (χ4n) is 8.34. The van der Waals surface area contributed by atoms with Crippen LogP contribution in [0.4, 0.5) is 17.1 Å². The molecule has 0 radical (unpaired) electrons. The maximum atomic E-state index is 2.40. The molecule has 10 rings (SSSR count). The summed E-state index contributed by atoms with van der Waals surface area (Å²) in [6.45, 7) is 0. The lowest BCUT2D eigenvalue weighted by Crippen LogP contribution is -2.10. The van der Waals surface area contributed by atoms with E-state index in [0.717, 1.165) is 17.1 Å². The van der Waals surface area contributed by atoms with Gasteiger partial charge >= 0.3 is 0 Å². The molecule has 0 bridgehead atoms. The Balaban J connectivity index is 1.12. The summed E-state index contributed by atoms with van der Waals surface area (Å²) in [7, 11) is 0. The van der Waals surface area contributed by atoms with Crippen molar-refractivity contribution in [1.82, 2.24) is 0 Å². The lowest BCUT2D eigenvalue weighted by Gasteiger charge is -2.27. The molecule has 0 heterocycles. The highest BCUT2D eigenvalue weighted by Gasteiger charge is 2.19. The zero-order valence-electron chi connectivity index (χ0n) is 31.5. The van der Waals surface area contributed by atoms with Gasteiger partial charge in [-0.25, -0.2) is 0 Å². The van der Waals surface area contributed by atoms with Crippen molar-refractivity contribution >= 4 is 38.6 Å². The third-order valence-corrected chi connectivity index (χ3v) is 11.0. The van der Waals surface area contributed by atoms with Gasteiger partial charge in [0, 0.05) is 17.1 Å². The Morgan fingerprint density at radius 3 is 1.09 bits per heavy atom. The first-order valence-electron chi connectivity index (χ1n) is 19.6. The highest BCUT2D eigenvalue weighted by Crippen LogP contribution is 2.46. The molecule has 0 aliphatic rings. The Labute approximate surface area is 334 Å². The SMILES string of the molecule is c1ccc(-c2cccc(N(c3ccc(-c4ccc5c(c4)c(-c4ccccc4)c(-c4ccccc4)c4ccccc45)cc3)c3cccc(-c4ccccc4)c3)c2)cc1. The minimum atomic E-state index is 1.09. The summed E-state index contributed by atoms with van der Waals surface area (Å²) in [6.07, 6.45) is 0. The first-order chi connectivity index (χ1) is 28.3. The second kappa shape index (κ2) is 15.0. The molecule has 0 atom stereocenters. The molecule has 0 aromatic heterocycles. The summed E-state index contributed by atoms with van der Waals surface area (Å²) in [5.74, 6) is 0. The number of rotatable bonds is 8. The molecular weight excluding hydrogens is 687 g/mol. The first kappa shape index (κ1) is 34.0. The van der Waals surface area contributed by atoms with Gasteiger partial charge in [-0.3, -0.25) is 0 Å². The topological polar surface area (TPSA) is 3.24 Å². The minimum Gasteiger partial charge on any atom is -0.310 e. The molecule has 10 aromatic carbocycles. The quantitative estimate of drug-likeness (QED) is 0.141. The van der Waals surface area contributed by atoms with Crippen molar-refractivity contribution in [2.24, 2.45) is 0 Å². The van der Waals surface area contributed by atoms with Crippen molar-refractivity contribution in [1.29, 1.82) is 0 Å². The summed E-state index contributed by atoms with van der Waals surface area (Å²) in [5, 5.41) is 5.03. The Bertz CT molecular complexity index is 2890. The summed E-state index contributed by atoms with van der Waals surface area (Å²) in [6, 6.07) is 85.6. The van der Waals surface area contributed by atoms with Crippen molar-refractivity contribution in [3.63, 3.8) is 0 Å². The van der Waals surface area contributed by atoms with E-state index in [1.807, 2.05) is 0 Å². The molecule has 57 heavy (non-hydrogen) atoms. The van der Waals surface area contributed by atoms with E-state index in [-0.39, 0.29) is 0 Å². The smallest absolute Gasteiger partial charge is 0.0467 e. The van der Waals surface area contributed by atoms with Crippen LogP contribution < -0.4 is 4.90 Å². The third kappa shape index (κ3) is 6.56. The van der Waals surface area contributed by atoms with Crippen LogP contribution in [0.15, 0.2) is 237 Å². The van der Waals surface area contributed by atoms with Gasteiger partial charge in [0.25, 0.3) is 0 Å². The molecule has 1 nitrogen and oxygen atoms in total. The van der Waals surface area contributed by atoms with E-state index < -0.39 is 0 Å². The predicted octanol–water partition coefficient (Wildman–Crippen LogP) is 15.8. The molecule has 0 saturated heterocycles. The zero-order chi connectivity index (χ0) is 38.0. The standard InChI is InChI=1S/C56H39N/c1-5-17-40(18-6-1)45-25-15-27-49(37-45)57(50-28-16-26-46(38-50)41-19-7-2-8-20-41)48-34-31-42(32-35-48)47-33-36-52-51-29-13-14-30-53(51)55(43-21-9-3-10-22-43)56(54(52)39-47)44-23-11-4-12-24-44/h1-39H. The molecule has 0 fully saturated rings. The Kier molecular flexibility index (Phi) is 8.95. The normalized spacial score (nSPS) is 11.2. The van der Waals surface area contributed by atoms with Gasteiger partial charge in [0.1, 0.15) is 0 Å². The van der Waals surface area contributed by atoms with Gasteiger partial charge in [-0.15, -0.1) is 0 Å². The summed E-state index contributed by atoms with van der Waals surface area (Å²) >= 11 is 0. The van der Waals surface area contributed by atoms with Crippen LogP contribution in [0, 0.1) is 0 Å². The van der Waals surface area contributed by atoms with Gasteiger partial charge in [-0.2, -0.15) is 0 Å². The molecular formula is C56H39N. The Morgan fingerprint density at radius 2 is 0.561 bits per heavy atom. The van der Waals surface area contributed by atoms with Crippen LogP contribution >= 0.6 is 0 Å². The molecule has 1 heteroatoms. The fraction of sp³-hybridized carbons (Fsp3) is 0. The third-order valence-electron chi connectivity index (χ3n) is 11.0. The largest absolute Gasteiger partial charge is 0.310 e. The van der Waals surface area contributed by atoms with Crippen LogP contribution in [0.1, 0.15) is 0 Å². The number of fused-ring (bicyclic) bond motifs is 3. The molecule has 0 aliphatic carbocycles. The monoisotopic (exact) mass is 725 g/mol. The minimum absolute atomic E-state index is 1.09. The molecule has 10 aromatic rings. The second-order valence-corrected chi connectivity index (χ2v) is 14.5. The summed E-state index contributed by atoms with van der Waals surface area (Å²) in [5.41, 5.74) is 15.4.